The van der Waals surface area contributed by atoms with Crippen molar-refractivity contribution in [3.05, 3.63) is 35.4 Å². The number of carbonyl (C=O) groups is 3. The van der Waals surface area contributed by atoms with E-state index in [0.717, 1.165) is 37.8 Å². The molecule has 2 aliphatic rings. The molecule has 27 heavy (non-hydrogen) atoms. The van der Waals surface area contributed by atoms with E-state index in [-0.39, 0.29) is 42.5 Å². The molecule has 5 nitrogen and oxygen atoms in total. The molecule has 1 saturated heterocycles. The minimum atomic E-state index is -0.962. The Balaban J connectivity index is 1.60. The fourth-order valence-corrected chi connectivity index (χ4v) is 4.05. The third-order valence-electron chi connectivity index (χ3n) is 5.88. The minimum Gasteiger partial charge on any atom is -0.339 e. The maximum atomic E-state index is 13.4. The average Bonchev–Trinajstić information content (AvgIpc) is 2.91. The van der Waals surface area contributed by atoms with Crippen LogP contribution in [0.15, 0.2) is 18.2 Å². The topological polar surface area (TPSA) is 57.7 Å². The van der Waals surface area contributed by atoms with Gasteiger partial charge in [0.15, 0.2) is 11.6 Å². The second-order valence-corrected chi connectivity index (χ2v) is 7.43. The summed E-state index contributed by atoms with van der Waals surface area (Å²) in [6.07, 6.45) is 3.42. The number of hydrogen-bond donors (Lipinski definition) is 0. The zero-order valence-electron chi connectivity index (χ0n) is 15.6. The second kappa shape index (κ2) is 7.74. The summed E-state index contributed by atoms with van der Waals surface area (Å²) in [7, 11) is 1.57. The lowest BCUT2D eigenvalue weighted by atomic mass is 9.81. The molecule has 1 aliphatic heterocycles. The van der Waals surface area contributed by atoms with Crippen LogP contribution in [-0.2, 0) is 14.4 Å². The molecule has 1 saturated carbocycles. The molecule has 146 valence electrons. The molecule has 1 aliphatic carbocycles. The Morgan fingerprint density at radius 3 is 2.30 bits per heavy atom. The maximum absolute atomic E-state index is 13.4. The van der Waals surface area contributed by atoms with Gasteiger partial charge < -0.3 is 4.90 Å². The Morgan fingerprint density at radius 2 is 1.74 bits per heavy atom. The molecule has 2 fully saturated rings. The van der Waals surface area contributed by atoms with E-state index in [4.69, 9.17) is 0 Å². The van der Waals surface area contributed by atoms with Gasteiger partial charge in [-0.2, -0.15) is 0 Å². The lowest BCUT2D eigenvalue weighted by molar-refractivity contribution is -0.141. The van der Waals surface area contributed by atoms with E-state index in [2.05, 4.69) is 0 Å². The van der Waals surface area contributed by atoms with Gasteiger partial charge in [-0.25, -0.2) is 8.78 Å². The SMILES string of the molecule is C[C@H](c1ccc(F)c(F)c1)N(C)C(=O)CCN1C(=O)[C@@H]2CCCC[C@H]2C1=O. The number of rotatable bonds is 5. The van der Waals surface area contributed by atoms with Gasteiger partial charge in [-0.15, -0.1) is 0 Å². The third kappa shape index (κ3) is 3.73. The molecule has 0 unspecified atom stereocenters. The van der Waals surface area contributed by atoms with Crippen LogP contribution in [0, 0.1) is 23.5 Å². The van der Waals surface area contributed by atoms with Crippen LogP contribution >= 0.6 is 0 Å². The van der Waals surface area contributed by atoms with Crippen molar-refractivity contribution in [3.8, 4) is 0 Å². The zero-order valence-corrected chi connectivity index (χ0v) is 15.6. The van der Waals surface area contributed by atoms with Crippen molar-refractivity contribution < 1.29 is 23.2 Å². The lowest BCUT2D eigenvalue weighted by Gasteiger charge is -2.26. The molecule has 1 aromatic carbocycles. The maximum Gasteiger partial charge on any atom is 0.233 e. The number of halogens is 2. The van der Waals surface area contributed by atoms with Crippen molar-refractivity contribution in [2.45, 2.75) is 45.1 Å². The smallest absolute Gasteiger partial charge is 0.233 e. The van der Waals surface area contributed by atoms with E-state index >= 15 is 0 Å². The first-order valence-electron chi connectivity index (χ1n) is 9.37. The van der Waals surface area contributed by atoms with Crippen molar-refractivity contribution in [1.82, 2.24) is 9.80 Å². The molecule has 0 bridgehead atoms. The minimum absolute atomic E-state index is 0.0153. The summed E-state index contributed by atoms with van der Waals surface area (Å²) >= 11 is 0. The molecule has 3 rings (SSSR count). The molecular weight excluding hydrogens is 354 g/mol. The lowest BCUT2D eigenvalue weighted by Crippen LogP contribution is -2.36. The summed E-state index contributed by atoms with van der Waals surface area (Å²) in [6.45, 7) is 1.78. The fourth-order valence-electron chi connectivity index (χ4n) is 4.05. The van der Waals surface area contributed by atoms with Crippen LogP contribution in [0.3, 0.4) is 0 Å². The van der Waals surface area contributed by atoms with Crippen LogP contribution in [-0.4, -0.2) is 41.1 Å². The summed E-state index contributed by atoms with van der Waals surface area (Å²) in [6, 6.07) is 3.08. The first kappa shape index (κ1) is 19.5. The van der Waals surface area contributed by atoms with Crippen LogP contribution in [0.5, 0.6) is 0 Å². The van der Waals surface area contributed by atoms with Gasteiger partial charge in [-0.05, 0) is 37.5 Å². The molecule has 1 aromatic rings. The number of fused-ring (bicyclic) bond motifs is 1. The van der Waals surface area contributed by atoms with Crippen molar-refractivity contribution in [2.24, 2.45) is 11.8 Å². The van der Waals surface area contributed by atoms with Crippen molar-refractivity contribution in [2.75, 3.05) is 13.6 Å². The van der Waals surface area contributed by atoms with Gasteiger partial charge in [0.05, 0.1) is 17.9 Å². The largest absolute Gasteiger partial charge is 0.339 e. The molecule has 7 heteroatoms. The van der Waals surface area contributed by atoms with E-state index in [1.807, 2.05) is 0 Å². The number of benzene rings is 1. The number of carbonyl (C=O) groups excluding carboxylic acids is 3. The summed E-state index contributed by atoms with van der Waals surface area (Å²) in [4.78, 5) is 40.1. The standard InChI is InChI=1S/C20H24F2N2O3/c1-12(13-7-8-16(21)17(22)11-13)23(2)18(25)9-10-24-19(26)14-5-3-4-6-15(14)20(24)27/h7-8,11-12,14-15H,3-6,9-10H2,1-2H3/t12-,14-,15-/m1/s1. The zero-order chi connectivity index (χ0) is 19.7. The number of likely N-dealkylation sites (tertiary alicyclic amines) is 1. The normalized spacial score (nSPS) is 23.3. The van der Waals surface area contributed by atoms with E-state index in [1.165, 1.54) is 15.9 Å². The highest BCUT2D eigenvalue weighted by atomic mass is 19.2. The fraction of sp³-hybridized carbons (Fsp3) is 0.550. The number of hydrogen-bond acceptors (Lipinski definition) is 3. The molecule has 3 atom stereocenters. The van der Waals surface area contributed by atoms with E-state index in [0.29, 0.717) is 5.56 Å². The highest BCUT2D eigenvalue weighted by Gasteiger charge is 2.47. The Bertz CT molecular complexity index is 744. The number of nitrogens with zero attached hydrogens (tertiary/aromatic N) is 2. The van der Waals surface area contributed by atoms with Crippen molar-refractivity contribution >= 4 is 17.7 Å². The van der Waals surface area contributed by atoms with E-state index in [1.54, 1.807) is 14.0 Å². The quantitative estimate of drug-likeness (QED) is 0.740. The summed E-state index contributed by atoms with van der Waals surface area (Å²) in [5, 5.41) is 0. The number of imide groups is 1. The van der Waals surface area contributed by atoms with Gasteiger partial charge in [0.1, 0.15) is 0 Å². The predicted octanol–water partition coefficient (Wildman–Crippen LogP) is 3.05. The molecule has 1 heterocycles. The first-order valence-corrected chi connectivity index (χ1v) is 9.37. The van der Waals surface area contributed by atoms with Gasteiger partial charge >= 0.3 is 0 Å². The van der Waals surface area contributed by atoms with Gasteiger partial charge in [0, 0.05) is 20.0 Å². The Morgan fingerprint density at radius 1 is 1.15 bits per heavy atom. The summed E-state index contributed by atoms with van der Waals surface area (Å²) in [5.41, 5.74) is 0.476. The van der Waals surface area contributed by atoms with Crippen LogP contribution in [0.1, 0.15) is 50.6 Å². The van der Waals surface area contributed by atoms with Crippen molar-refractivity contribution in [3.63, 3.8) is 0 Å². The van der Waals surface area contributed by atoms with Crippen LogP contribution in [0.2, 0.25) is 0 Å². The first-order chi connectivity index (χ1) is 12.8. The van der Waals surface area contributed by atoms with E-state index < -0.39 is 17.7 Å². The van der Waals surface area contributed by atoms with Gasteiger partial charge in [0.25, 0.3) is 0 Å². The Kier molecular flexibility index (Phi) is 5.58. The molecule has 3 amide bonds. The van der Waals surface area contributed by atoms with E-state index in [9.17, 15) is 23.2 Å². The van der Waals surface area contributed by atoms with Gasteiger partial charge in [0.2, 0.25) is 17.7 Å². The van der Waals surface area contributed by atoms with Crippen LogP contribution in [0.25, 0.3) is 0 Å². The van der Waals surface area contributed by atoms with Gasteiger partial charge in [-0.3, -0.25) is 19.3 Å². The third-order valence-corrected chi connectivity index (χ3v) is 5.88. The molecular formula is C20H24F2N2O3. The summed E-state index contributed by atoms with van der Waals surface area (Å²) < 4.78 is 26.5. The van der Waals surface area contributed by atoms with Crippen LogP contribution in [0.4, 0.5) is 8.78 Å². The molecule has 0 spiro atoms. The average molecular weight is 378 g/mol. The Hall–Kier alpha value is -2.31. The summed E-state index contributed by atoms with van der Waals surface area (Å²) in [5.74, 6) is -2.92. The number of amides is 3. The second-order valence-electron chi connectivity index (χ2n) is 7.43. The Labute approximate surface area is 157 Å². The molecule has 0 N–H and O–H groups in total. The molecule has 0 aromatic heterocycles. The molecule has 0 radical (unpaired) electrons. The van der Waals surface area contributed by atoms with Crippen molar-refractivity contribution in [1.29, 1.82) is 0 Å². The van der Waals surface area contributed by atoms with Crippen LogP contribution < -0.4 is 0 Å². The highest BCUT2D eigenvalue weighted by molar-refractivity contribution is 6.05. The highest BCUT2D eigenvalue weighted by Crippen LogP contribution is 2.38. The van der Waals surface area contributed by atoms with Gasteiger partial charge in [-0.1, -0.05) is 18.9 Å². The predicted molar refractivity (Wildman–Crippen MR) is 94.3 cm³/mol. The monoisotopic (exact) mass is 378 g/mol.